The van der Waals surface area contributed by atoms with Gasteiger partial charge in [0.05, 0.1) is 12.6 Å². The number of para-hydroxylation sites is 1. The van der Waals surface area contributed by atoms with Gasteiger partial charge in [0, 0.05) is 24.1 Å². The Morgan fingerprint density at radius 1 is 1.23 bits per heavy atom. The van der Waals surface area contributed by atoms with Gasteiger partial charge in [-0.05, 0) is 11.6 Å². The van der Waals surface area contributed by atoms with Crippen molar-refractivity contribution in [3.63, 3.8) is 0 Å². The van der Waals surface area contributed by atoms with E-state index in [-0.39, 0.29) is 19.1 Å². The maximum atomic E-state index is 12.3. The Hall–Kier alpha value is -2.41. The van der Waals surface area contributed by atoms with Crippen molar-refractivity contribution in [3.8, 4) is 0 Å². The van der Waals surface area contributed by atoms with Gasteiger partial charge < -0.3 is 25.6 Å². The fraction of sp³-hybridized carbons (Fsp3) is 0.350. The van der Waals surface area contributed by atoms with Crippen LogP contribution in [0.3, 0.4) is 0 Å². The summed E-state index contributed by atoms with van der Waals surface area (Å²) in [5.74, 6) is -0.455. The second kappa shape index (κ2) is 6.72. The molecule has 26 heavy (non-hydrogen) atoms. The molecule has 1 amide bonds. The summed E-state index contributed by atoms with van der Waals surface area (Å²) in [6.45, 7) is 0.276. The summed E-state index contributed by atoms with van der Waals surface area (Å²) in [5.41, 5.74) is 1.31. The fourth-order valence-corrected chi connectivity index (χ4v) is 3.75. The summed E-state index contributed by atoms with van der Waals surface area (Å²) in [7, 11) is 0. The molecule has 0 saturated carbocycles. The Labute approximate surface area is 151 Å². The molecule has 0 aliphatic carbocycles. The van der Waals surface area contributed by atoms with Crippen LogP contribution in [0.1, 0.15) is 17.5 Å². The number of benzene rings is 2. The first-order valence-corrected chi connectivity index (χ1v) is 8.78. The number of nitrogens with one attached hydrogen (secondary N) is 2. The van der Waals surface area contributed by atoms with E-state index in [1.54, 1.807) is 0 Å². The number of carbonyl (C=O) groups excluding carboxylic acids is 1. The molecule has 2 aliphatic heterocycles. The number of amides is 1. The highest BCUT2D eigenvalue weighted by molar-refractivity contribution is 5.81. The van der Waals surface area contributed by atoms with E-state index in [4.69, 9.17) is 4.74 Å². The van der Waals surface area contributed by atoms with Gasteiger partial charge in [0.1, 0.15) is 11.7 Å². The first-order chi connectivity index (χ1) is 12.6. The van der Waals surface area contributed by atoms with Crippen molar-refractivity contribution in [2.75, 3.05) is 11.9 Å². The largest absolute Gasteiger partial charge is 0.383 e. The van der Waals surface area contributed by atoms with E-state index < -0.39 is 23.8 Å². The number of rotatable bonds is 4. The Morgan fingerprint density at radius 2 is 1.96 bits per heavy atom. The molecule has 0 radical (unpaired) electrons. The number of hydrogen-bond donors (Lipinski definition) is 4. The first-order valence-electron chi connectivity index (χ1n) is 8.78. The number of aliphatic hydroxyl groups excluding tert-OH is 1. The normalized spacial score (nSPS) is 27.8. The van der Waals surface area contributed by atoms with Gasteiger partial charge in [-0.2, -0.15) is 0 Å². The van der Waals surface area contributed by atoms with E-state index in [1.165, 1.54) is 0 Å². The number of anilines is 1. The van der Waals surface area contributed by atoms with E-state index in [9.17, 15) is 15.0 Å². The third kappa shape index (κ3) is 3.07. The highest BCUT2D eigenvalue weighted by Gasteiger charge is 2.50. The highest BCUT2D eigenvalue weighted by atomic mass is 16.5. The minimum atomic E-state index is -1.20. The van der Waals surface area contributed by atoms with E-state index in [0.717, 1.165) is 16.8 Å². The van der Waals surface area contributed by atoms with E-state index in [1.807, 2.05) is 54.6 Å². The molecule has 0 bridgehead atoms. The molecular weight excluding hydrogens is 332 g/mol. The number of ether oxygens (including phenoxy) is 1. The summed E-state index contributed by atoms with van der Waals surface area (Å²) in [4.78, 5) is 12.3. The molecule has 4 N–H and O–H groups in total. The van der Waals surface area contributed by atoms with Crippen LogP contribution in [0.5, 0.6) is 0 Å². The van der Waals surface area contributed by atoms with Crippen LogP contribution < -0.4 is 10.6 Å². The van der Waals surface area contributed by atoms with Crippen molar-refractivity contribution in [1.82, 2.24) is 5.32 Å². The lowest BCUT2D eigenvalue weighted by atomic mass is 9.86. The van der Waals surface area contributed by atoms with Crippen LogP contribution in [0.15, 0.2) is 54.6 Å². The van der Waals surface area contributed by atoms with Gasteiger partial charge in [0.2, 0.25) is 5.91 Å². The maximum Gasteiger partial charge on any atom is 0.249 e. The molecule has 2 heterocycles. The second-order valence-corrected chi connectivity index (χ2v) is 6.94. The third-order valence-corrected chi connectivity index (χ3v) is 5.06. The predicted molar refractivity (Wildman–Crippen MR) is 96.4 cm³/mol. The molecule has 2 aromatic carbocycles. The lowest BCUT2D eigenvalue weighted by molar-refractivity contribution is -0.149. The lowest BCUT2D eigenvalue weighted by Gasteiger charge is -2.39. The molecule has 2 aliphatic rings. The summed E-state index contributed by atoms with van der Waals surface area (Å²) in [6, 6.07) is 16.5. The van der Waals surface area contributed by atoms with Gasteiger partial charge in [-0.3, -0.25) is 4.79 Å². The molecule has 6 heteroatoms. The van der Waals surface area contributed by atoms with Crippen molar-refractivity contribution in [2.45, 2.75) is 36.8 Å². The van der Waals surface area contributed by atoms with Crippen LogP contribution in [0.2, 0.25) is 0 Å². The van der Waals surface area contributed by atoms with Crippen molar-refractivity contribution in [2.24, 2.45) is 0 Å². The maximum absolute atomic E-state index is 12.3. The first kappa shape index (κ1) is 17.0. The van der Waals surface area contributed by atoms with Crippen LogP contribution in [0, 0.1) is 0 Å². The molecule has 6 nitrogen and oxygen atoms in total. The second-order valence-electron chi connectivity index (χ2n) is 6.94. The molecule has 4 atom stereocenters. The minimum absolute atomic E-state index is 0.248. The summed E-state index contributed by atoms with van der Waals surface area (Å²) >= 11 is 0. The van der Waals surface area contributed by atoms with Crippen LogP contribution in [0.4, 0.5) is 5.69 Å². The third-order valence-electron chi connectivity index (χ3n) is 5.06. The van der Waals surface area contributed by atoms with Crippen molar-refractivity contribution < 1.29 is 19.7 Å². The van der Waals surface area contributed by atoms with Gasteiger partial charge in [-0.25, -0.2) is 0 Å². The summed E-state index contributed by atoms with van der Waals surface area (Å²) < 4.78 is 5.74. The number of fused-ring (bicyclic) bond motifs is 3. The topological polar surface area (TPSA) is 90.8 Å². The van der Waals surface area contributed by atoms with E-state index >= 15 is 0 Å². The molecule has 0 aromatic heterocycles. The smallest absolute Gasteiger partial charge is 0.249 e. The Bertz CT molecular complexity index is 797. The minimum Gasteiger partial charge on any atom is -0.383 e. The highest BCUT2D eigenvalue weighted by Crippen LogP contribution is 2.44. The quantitative estimate of drug-likeness (QED) is 0.661. The average Bonchev–Trinajstić information content (AvgIpc) is 2.94. The monoisotopic (exact) mass is 354 g/mol. The van der Waals surface area contributed by atoms with Gasteiger partial charge in [0.15, 0.2) is 6.23 Å². The van der Waals surface area contributed by atoms with Crippen LogP contribution in [0.25, 0.3) is 0 Å². The van der Waals surface area contributed by atoms with E-state index in [0.29, 0.717) is 6.42 Å². The number of carbonyl (C=O) groups is 1. The molecular formula is C20H22N2O4. The van der Waals surface area contributed by atoms with Crippen molar-refractivity contribution in [3.05, 3.63) is 65.7 Å². The molecule has 1 saturated heterocycles. The molecule has 1 fully saturated rings. The van der Waals surface area contributed by atoms with Gasteiger partial charge >= 0.3 is 0 Å². The Kier molecular flexibility index (Phi) is 4.40. The standard InChI is InChI=1S/C20H22N2O4/c23-17(10-13-6-2-1-3-7-13)18(24)21-14-11-20(25)15-8-4-5-9-16(15)22-19(20)26-12-14/h1-9,14,17,19,22-23,25H,10-12H2,(H,21,24)/t14-,17-,19-,20+/m0/s1. The molecule has 0 spiro atoms. The number of hydrogen-bond acceptors (Lipinski definition) is 5. The van der Waals surface area contributed by atoms with E-state index in [2.05, 4.69) is 10.6 Å². The molecule has 136 valence electrons. The Balaban J connectivity index is 1.41. The average molecular weight is 354 g/mol. The van der Waals surface area contributed by atoms with Crippen molar-refractivity contribution in [1.29, 1.82) is 0 Å². The van der Waals surface area contributed by atoms with Gasteiger partial charge in [0.25, 0.3) is 0 Å². The van der Waals surface area contributed by atoms with Crippen LogP contribution in [-0.4, -0.2) is 41.1 Å². The zero-order chi connectivity index (χ0) is 18.1. The summed E-state index contributed by atoms with van der Waals surface area (Å²) in [6.07, 6.45) is -1.09. The van der Waals surface area contributed by atoms with Crippen LogP contribution in [-0.2, 0) is 21.6 Å². The SMILES string of the molecule is O=C(N[C@@H]1CO[C@@H]2Nc3ccccc3[C@]2(O)C1)[C@@H](O)Cc1ccccc1. The van der Waals surface area contributed by atoms with Gasteiger partial charge in [-0.1, -0.05) is 48.5 Å². The fourth-order valence-electron chi connectivity index (χ4n) is 3.75. The molecule has 2 aromatic rings. The summed E-state index contributed by atoms with van der Waals surface area (Å²) in [5, 5.41) is 27.3. The zero-order valence-electron chi connectivity index (χ0n) is 14.3. The van der Waals surface area contributed by atoms with Crippen molar-refractivity contribution >= 4 is 11.6 Å². The van der Waals surface area contributed by atoms with Gasteiger partial charge in [-0.15, -0.1) is 0 Å². The zero-order valence-corrected chi connectivity index (χ0v) is 14.3. The molecule has 0 unspecified atom stereocenters. The predicted octanol–water partition coefficient (Wildman–Crippen LogP) is 1.13. The van der Waals surface area contributed by atoms with Crippen LogP contribution >= 0.6 is 0 Å². The lowest BCUT2D eigenvalue weighted by Crippen LogP contribution is -2.55. The molecule has 4 rings (SSSR count). The Morgan fingerprint density at radius 3 is 2.77 bits per heavy atom. The number of aliphatic hydroxyl groups is 2.